The fourth-order valence-electron chi connectivity index (χ4n) is 1.95. The number of amides is 1. The van der Waals surface area contributed by atoms with Crippen LogP contribution in [0, 0.1) is 0 Å². The van der Waals surface area contributed by atoms with Crippen LogP contribution in [-0.2, 0) is 4.79 Å². The minimum atomic E-state index is 0.152. The number of halogens is 1. The van der Waals surface area contributed by atoms with E-state index < -0.39 is 0 Å². The molecule has 2 rings (SSSR count). The van der Waals surface area contributed by atoms with Gasteiger partial charge in [0.2, 0.25) is 5.91 Å². The highest BCUT2D eigenvalue weighted by atomic mass is 35.5. The standard InChI is InChI=1S/C12H15ClN2O/c1-15(2)12(16)5-8-7-14-11-4-3-9(13)6-10(8)11/h3-4,6,8,14H,5,7H2,1-2H3. The molecule has 1 atom stereocenters. The van der Waals surface area contributed by atoms with Crippen molar-refractivity contribution in [3.05, 3.63) is 28.8 Å². The average molecular weight is 239 g/mol. The summed E-state index contributed by atoms with van der Waals surface area (Å²) >= 11 is 5.96. The van der Waals surface area contributed by atoms with Crippen molar-refractivity contribution in [2.24, 2.45) is 0 Å². The molecule has 0 aromatic heterocycles. The Kier molecular flexibility index (Phi) is 3.06. The van der Waals surface area contributed by atoms with Crippen molar-refractivity contribution in [1.29, 1.82) is 0 Å². The smallest absolute Gasteiger partial charge is 0.222 e. The third-order valence-corrected chi connectivity index (χ3v) is 3.15. The second-order valence-electron chi connectivity index (χ2n) is 4.30. The molecule has 86 valence electrons. The van der Waals surface area contributed by atoms with Crippen LogP contribution in [0.25, 0.3) is 0 Å². The molecule has 1 aliphatic rings. The van der Waals surface area contributed by atoms with E-state index in [1.807, 2.05) is 18.2 Å². The lowest BCUT2D eigenvalue weighted by Gasteiger charge is -2.14. The van der Waals surface area contributed by atoms with E-state index >= 15 is 0 Å². The molecule has 0 bridgehead atoms. The van der Waals surface area contributed by atoms with Gasteiger partial charge in [-0.1, -0.05) is 11.6 Å². The highest BCUT2D eigenvalue weighted by Gasteiger charge is 2.25. The minimum absolute atomic E-state index is 0.152. The Morgan fingerprint density at radius 2 is 2.31 bits per heavy atom. The van der Waals surface area contributed by atoms with Gasteiger partial charge in [-0.3, -0.25) is 4.79 Å². The zero-order valence-electron chi connectivity index (χ0n) is 9.46. The Morgan fingerprint density at radius 3 is 3.00 bits per heavy atom. The predicted molar refractivity (Wildman–Crippen MR) is 66.0 cm³/mol. The van der Waals surface area contributed by atoms with Crippen LogP contribution in [0.2, 0.25) is 5.02 Å². The van der Waals surface area contributed by atoms with Crippen LogP contribution in [-0.4, -0.2) is 31.4 Å². The largest absolute Gasteiger partial charge is 0.384 e. The molecule has 1 N–H and O–H groups in total. The van der Waals surface area contributed by atoms with Crippen molar-refractivity contribution in [3.8, 4) is 0 Å². The molecule has 1 heterocycles. The first-order valence-corrected chi connectivity index (χ1v) is 5.69. The van der Waals surface area contributed by atoms with Gasteiger partial charge in [0.15, 0.2) is 0 Å². The maximum Gasteiger partial charge on any atom is 0.222 e. The van der Waals surface area contributed by atoms with Crippen molar-refractivity contribution in [3.63, 3.8) is 0 Å². The van der Waals surface area contributed by atoms with Gasteiger partial charge in [0.05, 0.1) is 0 Å². The van der Waals surface area contributed by atoms with Crippen molar-refractivity contribution in [2.45, 2.75) is 12.3 Å². The third-order valence-electron chi connectivity index (χ3n) is 2.91. The number of hydrogen-bond acceptors (Lipinski definition) is 2. The van der Waals surface area contributed by atoms with Gasteiger partial charge in [-0.15, -0.1) is 0 Å². The normalized spacial score (nSPS) is 17.8. The van der Waals surface area contributed by atoms with Crippen LogP contribution in [0.15, 0.2) is 18.2 Å². The highest BCUT2D eigenvalue weighted by Crippen LogP contribution is 2.35. The zero-order chi connectivity index (χ0) is 11.7. The van der Waals surface area contributed by atoms with Gasteiger partial charge >= 0.3 is 0 Å². The number of nitrogens with zero attached hydrogens (tertiary/aromatic N) is 1. The van der Waals surface area contributed by atoms with Crippen molar-refractivity contribution in [1.82, 2.24) is 4.90 Å². The monoisotopic (exact) mass is 238 g/mol. The fraction of sp³-hybridized carbons (Fsp3) is 0.417. The van der Waals surface area contributed by atoms with Crippen LogP contribution in [0.4, 0.5) is 5.69 Å². The van der Waals surface area contributed by atoms with E-state index in [2.05, 4.69) is 5.32 Å². The second kappa shape index (κ2) is 4.34. The van der Waals surface area contributed by atoms with Crippen molar-refractivity contribution >= 4 is 23.2 Å². The number of carbonyl (C=O) groups is 1. The number of anilines is 1. The van der Waals surface area contributed by atoms with E-state index in [0.29, 0.717) is 6.42 Å². The Morgan fingerprint density at radius 1 is 1.56 bits per heavy atom. The zero-order valence-corrected chi connectivity index (χ0v) is 10.2. The van der Waals surface area contributed by atoms with Gasteiger partial charge in [0.25, 0.3) is 0 Å². The molecule has 0 radical (unpaired) electrons. The summed E-state index contributed by atoms with van der Waals surface area (Å²) in [6.07, 6.45) is 0.535. The Labute approximate surface area is 100 Å². The summed E-state index contributed by atoms with van der Waals surface area (Å²) < 4.78 is 0. The Balaban J connectivity index is 2.17. The van der Waals surface area contributed by atoms with Crippen LogP contribution in [0.1, 0.15) is 17.9 Å². The summed E-state index contributed by atoms with van der Waals surface area (Å²) in [6.45, 7) is 0.815. The second-order valence-corrected chi connectivity index (χ2v) is 4.74. The van der Waals surface area contributed by atoms with E-state index in [1.165, 1.54) is 0 Å². The molecule has 0 saturated carbocycles. The topological polar surface area (TPSA) is 32.3 Å². The lowest BCUT2D eigenvalue weighted by atomic mass is 9.97. The molecule has 16 heavy (non-hydrogen) atoms. The molecule has 0 saturated heterocycles. The maximum atomic E-state index is 11.7. The molecule has 1 aromatic carbocycles. The number of nitrogens with one attached hydrogen (secondary N) is 1. The molecule has 1 unspecified atom stereocenters. The number of carbonyl (C=O) groups excluding carboxylic acids is 1. The molecule has 0 fully saturated rings. The average Bonchev–Trinajstić information content (AvgIpc) is 2.61. The summed E-state index contributed by atoms with van der Waals surface area (Å²) in [6, 6.07) is 5.78. The summed E-state index contributed by atoms with van der Waals surface area (Å²) in [7, 11) is 3.56. The molecule has 4 heteroatoms. The van der Waals surface area contributed by atoms with E-state index in [0.717, 1.165) is 22.8 Å². The molecule has 0 spiro atoms. The number of fused-ring (bicyclic) bond motifs is 1. The lowest BCUT2D eigenvalue weighted by Crippen LogP contribution is -2.24. The third kappa shape index (κ3) is 2.14. The van der Waals surface area contributed by atoms with Gasteiger partial charge in [0.1, 0.15) is 0 Å². The van der Waals surface area contributed by atoms with Gasteiger partial charge in [-0.05, 0) is 23.8 Å². The van der Waals surface area contributed by atoms with Crippen molar-refractivity contribution < 1.29 is 4.79 Å². The Hall–Kier alpha value is -1.22. The summed E-state index contributed by atoms with van der Waals surface area (Å²) in [5, 5.41) is 4.02. The first-order valence-electron chi connectivity index (χ1n) is 5.31. The lowest BCUT2D eigenvalue weighted by molar-refractivity contribution is -0.129. The number of hydrogen-bond donors (Lipinski definition) is 1. The summed E-state index contributed by atoms with van der Waals surface area (Å²) in [5.41, 5.74) is 2.25. The molecular formula is C12H15ClN2O. The SMILES string of the molecule is CN(C)C(=O)CC1CNc2ccc(Cl)cc21. The van der Waals surface area contributed by atoms with E-state index in [-0.39, 0.29) is 11.8 Å². The van der Waals surface area contributed by atoms with Crippen molar-refractivity contribution in [2.75, 3.05) is 26.0 Å². The molecule has 1 amide bonds. The highest BCUT2D eigenvalue weighted by molar-refractivity contribution is 6.30. The molecular weight excluding hydrogens is 224 g/mol. The quantitative estimate of drug-likeness (QED) is 0.858. The van der Waals surface area contributed by atoms with Gasteiger partial charge in [0, 0.05) is 43.7 Å². The van der Waals surface area contributed by atoms with Crippen LogP contribution >= 0.6 is 11.6 Å². The number of benzene rings is 1. The summed E-state index contributed by atoms with van der Waals surface area (Å²) in [4.78, 5) is 13.3. The van der Waals surface area contributed by atoms with E-state index in [9.17, 15) is 4.79 Å². The van der Waals surface area contributed by atoms with E-state index in [4.69, 9.17) is 11.6 Å². The van der Waals surface area contributed by atoms with Gasteiger partial charge in [-0.2, -0.15) is 0 Å². The van der Waals surface area contributed by atoms with Gasteiger partial charge < -0.3 is 10.2 Å². The fourth-order valence-corrected chi connectivity index (χ4v) is 2.13. The number of rotatable bonds is 2. The Bertz CT molecular complexity index is 417. The minimum Gasteiger partial charge on any atom is -0.384 e. The first-order chi connectivity index (χ1) is 7.58. The molecule has 3 nitrogen and oxygen atoms in total. The summed E-state index contributed by atoms with van der Waals surface area (Å²) in [5.74, 6) is 0.392. The first kappa shape index (κ1) is 11.3. The van der Waals surface area contributed by atoms with E-state index in [1.54, 1.807) is 19.0 Å². The predicted octanol–water partition coefficient (Wildman–Crippen LogP) is 2.33. The molecule has 1 aliphatic heterocycles. The van der Waals surface area contributed by atoms with Gasteiger partial charge in [-0.25, -0.2) is 0 Å². The van der Waals surface area contributed by atoms with Crippen LogP contribution in [0.3, 0.4) is 0 Å². The molecule has 0 aliphatic carbocycles. The van der Waals surface area contributed by atoms with Crippen LogP contribution < -0.4 is 5.32 Å². The van der Waals surface area contributed by atoms with Crippen LogP contribution in [0.5, 0.6) is 0 Å². The maximum absolute atomic E-state index is 11.7. The molecule has 1 aromatic rings.